The molecule has 1 amide bonds. The molecule has 102 valence electrons. The number of carboxylic acid groups (broad SMARTS) is 1. The fourth-order valence-electron chi connectivity index (χ4n) is 1.14. The van der Waals surface area contributed by atoms with Crippen molar-refractivity contribution in [2.75, 3.05) is 7.11 Å². The minimum Gasteiger partial charge on any atom is -0.480 e. The summed E-state index contributed by atoms with van der Waals surface area (Å²) in [5, 5.41) is 19.5. The Morgan fingerprint density at radius 1 is 1.58 bits per heavy atom. The van der Waals surface area contributed by atoms with Gasteiger partial charge in [0.05, 0.1) is 0 Å². The summed E-state index contributed by atoms with van der Waals surface area (Å²) < 4.78 is 4.52. The minimum absolute atomic E-state index is 0.201. The summed E-state index contributed by atoms with van der Waals surface area (Å²) in [5.41, 5.74) is 8.10. The van der Waals surface area contributed by atoms with E-state index in [0.717, 1.165) is 7.11 Å². The molecule has 2 N–H and O–H groups in total. The van der Waals surface area contributed by atoms with Crippen molar-refractivity contribution in [1.82, 2.24) is 5.32 Å². The molecule has 9 heteroatoms. The highest BCUT2D eigenvalue weighted by molar-refractivity contribution is 6.25. The van der Waals surface area contributed by atoms with Gasteiger partial charge in [0.1, 0.15) is 12.1 Å². The summed E-state index contributed by atoms with van der Waals surface area (Å²) in [4.78, 5) is 35.8. The third-order valence-corrected chi connectivity index (χ3v) is 2.09. The maximum absolute atomic E-state index is 11.4. The molecule has 0 aromatic carbocycles. The Bertz CT molecular complexity index is 449. The third-order valence-electron chi connectivity index (χ3n) is 2.09. The number of methoxy groups -OCH3 is 1. The average molecular weight is 268 g/mol. The Labute approximate surface area is 108 Å². The molecular formula is C10H12N4O5. The predicted molar refractivity (Wildman–Crippen MR) is 59.9 cm³/mol. The molecule has 0 radical (unpaired) electrons. The van der Waals surface area contributed by atoms with Crippen molar-refractivity contribution < 1.29 is 29.0 Å². The number of carbonyl (C=O) groups is 3. The van der Waals surface area contributed by atoms with E-state index < -0.39 is 29.8 Å². The molecule has 0 bridgehead atoms. The number of Topliss-reactive ketones (excluding diaryl/α,β-unsaturated/α-hetero) is 1. The zero-order valence-electron chi connectivity index (χ0n) is 10.1. The summed E-state index contributed by atoms with van der Waals surface area (Å²) in [6.45, 7) is 0. The van der Waals surface area contributed by atoms with Crippen LogP contribution in [0.3, 0.4) is 0 Å². The van der Waals surface area contributed by atoms with Gasteiger partial charge < -0.3 is 20.7 Å². The smallest absolute Gasteiger partial charge is 0.326 e. The van der Waals surface area contributed by atoms with Gasteiger partial charge in [-0.05, 0) is 6.42 Å². The van der Waals surface area contributed by atoms with Crippen molar-refractivity contribution >= 4 is 23.9 Å². The fourth-order valence-corrected chi connectivity index (χ4v) is 1.14. The van der Waals surface area contributed by atoms with Crippen LogP contribution in [-0.2, 0) is 19.1 Å². The van der Waals surface area contributed by atoms with E-state index >= 15 is 0 Å². The molecule has 0 aliphatic carbocycles. The molecule has 0 rings (SSSR count). The first-order chi connectivity index (χ1) is 8.96. The monoisotopic (exact) mass is 268 g/mol. The molecule has 9 nitrogen and oxygen atoms in total. The Balaban J connectivity index is 4.55. The van der Waals surface area contributed by atoms with Gasteiger partial charge in [-0.15, -0.1) is 0 Å². The lowest BCUT2D eigenvalue weighted by Crippen LogP contribution is -2.45. The number of hydrogen-bond donors (Lipinski definition) is 2. The van der Waals surface area contributed by atoms with Crippen molar-refractivity contribution in [3.05, 3.63) is 5.53 Å². The van der Waals surface area contributed by atoms with E-state index in [-0.39, 0.29) is 12.8 Å². The van der Waals surface area contributed by atoms with Crippen LogP contribution < -0.4 is 5.32 Å². The lowest BCUT2D eigenvalue weighted by atomic mass is 10.1. The van der Waals surface area contributed by atoms with Gasteiger partial charge >= 0.3 is 12.2 Å². The maximum Gasteiger partial charge on any atom is 0.326 e. The van der Waals surface area contributed by atoms with E-state index in [1.807, 2.05) is 0 Å². The first-order valence-electron chi connectivity index (χ1n) is 5.12. The number of carbonyl (C=O) groups excluding carboxylic acids is 2. The lowest BCUT2D eigenvalue weighted by molar-refractivity contribution is -0.143. The number of nitrogens with one attached hydrogen (secondary N) is 1. The number of amides is 1. The lowest BCUT2D eigenvalue weighted by Gasteiger charge is -2.15. The number of carboxylic acids is 1. The number of rotatable bonds is 8. The molecule has 2 atom stereocenters. The van der Waals surface area contributed by atoms with Gasteiger partial charge in [-0.2, -0.15) is 10.1 Å². The molecule has 0 fully saturated rings. The van der Waals surface area contributed by atoms with Gasteiger partial charge in [0.25, 0.3) is 5.91 Å². The van der Waals surface area contributed by atoms with E-state index in [1.165, 1.54) is 6.07 Å². The van der Waals surface area contributed by atoms with Crippen LogP contribution in [0.4, 0.5) is 0 Å². The van der Waals surface area contributed by atoms with Gasteiger partial charge in [-0.1, -0.05) is 0 Å². The van der Waals surface area contributed by atoms with E-state index in [2.05, 4.69) is 14.8 Å². The molecule has 0 aliphatic rings. The molecule has 19 heavy (non-hydrogen) atoms. The van der Waals surface area contributed by atoms with Crippen LogP contribution in [0.2, 0.25) is 0 Å². The quantitative estimate of drug-likeness (QED) is 0.318. The number of hydrogen-bond acceptors (Lipinski definition) is 5. The molecule has 0 aromatic heterocycles. The van der Waals surface area contributed by atoms with Crippen LogP contribution in [0, 0.1) is 11.3 Å². The zero-order valence-corrected chi connectivity index (χ0v) is 10.1. The van der Waals surface area contributed by atoms with Crippen LogP contribution in [0.15, 0.2) is 0 Å². The second kappa shape index (κ2) is 8.52. The highest BCUT2D eigenvalue weighted by atomic mass is 16.5. The molecule has 0 saturated carbocycles. The first-order valence-corrected chi connectivity index (χ1v) is 5.12. The number of aliphatic carboxylic acids is 1. The van der Waals surface area contributed by atoms with Crippen molar-refractivity contribution in [2.45, 2.75) is 25.0 Å². The maximum atomic E-state index is 11.4. The largest absolute Gasteiger partial charge is 0.480 e. The van der Waals surface area contributed by atoms with Gasteiger partial charge in [-0.25, -0.2) is 4.79 Å². The molecule has 0 aliphatic heterocycles. The minimum atomic E-state index is -1.42. The summed E-state index contributed by atoms with van der Waals surface area (Å²) in [6, 6.07) is 0.194. The van der Waals surface area contributed by atoms with Gasteiger partial charge in [-0.3, -0.25) is 9.59 Å². The Kier molecular flexibility index (Phi) is 7.37. The Morgan fingerprint density at radius 3 is 2.63 bits per heavy atom. The van der Waals surface area contributed by atoms with Gasteiger partial charge in [0.15, 0.2) is 0 Å². The fraction of sp³-hybridized carbons (Fsp3) is 0.500. The number of ketones is 1. The SMILES string of the molecule is CO[C@H](C#N)C(=O)N[C@@H](CCC(=O)C=[N+]=[N-])C(=O)O. The second-order valence-corrected chi connectivity index (χ2v) is 3.39. The van der Waals surface area contributed by atoms with Crippen LogP contribution in [0.1, 0.15) is 12.8 Å². The second-order valence-electron chi connectivity index (χ2n) is 3.39. The molecule has 0 aromatic rings. The van der Waals surface area contributed by atoms with E-state index in [0.29, 0.717) is 6.21 Å². The summed E-state index contributed by atoms with van der Waals surface area (Å²) in [7, 11) is 1.13. The zero-order chi connectivity index (χ0) is 14.8. The van der Waals surface area contributed by atoms with Crippen LogP contribution >= 0.6 is 0 Å². The van der Waals surface area contributed by atoms with Crippen LogP contribution in [0.25, 0.3) is 5.53 Å². The number of ether oxygens (including phenoxy) is 1. The summed E-state index contributed by atoms with van der Waals surface area (Å²) in [5.74, 6) is -2.85. The van der Waals surface area contributed by atoms with Crippen LogP contribution in [0.5, 0.6) is 0 Å². The van der Waals surface area contributed by atoms with Crippen molar-refractivity contribution in [2.24, 2.45) is 0 Å². The van der Waals surface area contributed by atoms with Gasteiger partial charge in [0, 0.05) is 13.5 Å². The first kappa shape index (κ1) is 16.4. The Hall–Kier alpha value is -2.56. The predicted octanol–water partition coefficient (Wildman–Crippen LogP) is -1.26. The topological polar surface area (TPSA) is 153 Å². The third kappa shape index (κ3) is 6.07. The van der Waals surface area contributed by atoms with E-state index in [4.69, 9.17) is 15.9 Å². The summed E-state index contributed by atoms with van der Waals surface area (Å²) >= 11 is 0. The van der Waals surface area contributed by atoms with Crippen molar-refractivity contribution in [1.29, 1.82) is 5.26 Å². The molecule has 0 spiro atoms. The van der Waals surface area contributed by atoms with Crippen LogP contribution in [-0.4, -0.2) is 53.0 Å². The standard InChI is InChI=1S/C10H12N4O5/c1-19-8(4-11)9(16)14-7(10(17)18)3-2-6(15)5-13-12/h5,7-8H,2-3H2,1H3,(H,14,16)(H,17,18)/t7-,8+/m0/s1. The molecular weight excluding hydrogens is 256 g/mol. The Morgan fingerprint density at radius 2 is 2.21 bits per heavy atom. The highest BCUT2D eigenvalue weighted by Gasteiger charge is 2.25. The van der Waals surface area contributed by atoms with Crippen molar-refractivity contribution in [3.63, 3.8) is 0 Å². The molecule has 0 unspecified atom stereocenters. The number of nitrogens with zero attached hydrogens (tertiary/aromatic N) is 3. The molecule has 0 heterocycles. The highest BCUT2D eigenvalue weighted by Crippen LogP contribution is 2.00. The normalized spacial score (nSPS) is 12.4. The van der Waals surface area contributed by atoms with E-state index in [1.54, 1.807) is 0 Å². The van der Waals surface area contributed by atoms with Gasteiger partial charge in [0.2, 0.25) is 11.9 Å². The summed E-state index contributed by atoms with van der Waals surface area (Å²) in [6.07, 6.45) is -1.22. The average Bonchev–Trinajstić information content (AvgIpc) is 2.35. The molecule has 0 saturated heterocycles. The van der Waals surface area contributed by atoms with E-state index in [9.17, 15) is 14.4 Å². The number of nitriles is 1. The van der Waals surface area contributed by atoms with Crippen molar-refractivity contribution in [3.8, 4) is 6.07 Å².